The standard InChI is InChI=1S/C35H21NS2/c1-2-9-22(10-3-1)23-11-6-12-24(21-23)25-14-7-16-28-29-19-20-31(36-35(29)38-33(25)28)30-17-8-15-27-26-13-4-5-18-32(26)37-34(27)30/h1-21H. The molecule has 0 unspecified atom stereocenters. The lowest BCUT2D eigenvalue weighted by molar-refractivity contribution is 1.44. The van der Waals surface area contributed by atoms with Crippen LogP contribution in [0.2, 0.25) is 0 Å². The molecule has 3 heterocycles. The van der Waals surface area contributed by atoms with E-state index in [4.69, 9.17) is 4.98 Å². The van der Waals surface area contributed by atoms with Crippen LogP contribution in [0.25, 0.3) is 74.0 Å². The highest BCUT2D eigenvalue weighted by molar-refractivity contribution is 7.26. The Bertz CT molecular complexity index is 2130. The van der Waals surface area contributed by atoms with Crippen molar-refractivity contribution >= 4 is 63.1 Å². The van der Waals surface area contributed by atoms with Crippen LogP contribution in [0.4, 0.5) is 0 Å². The van der Waals surface area contributed by atoms with Gasteiger partial charge in [-0.05, 0) is 46.5 Å². The van der Waals surface area contributed by atoms with Gasteiger partial charge >= 0.3 is 0 Å². The molecule has 8 aromatic rings. The Morgan fingerprint density at radius 2 is 1.08 bits per heavy atom. The molecule has 0 saturated carbocycles. The van der Waals surface area contributed by atoms with E-state index in [1.54, 1.807) is 11.3 Å². The quantitative estimate of drug-likeness (QED) is 0.226. The van der Waals surface area contributed by atoms with Crippen molar-refractivity contribution in [1.29, 1.82) is 0 Å². The summed E-state index contributed by atoms with van der Waals surface area (Å²) in [6.07, 6.45) is 0. The van der Waals surface area contributed by atoms with E-state index in [0.29, 0.717) is 0 Å². The van der Waals surface area contributed by atoms with Gasteiger partial charge in [0.1, 0.15) is 4.83 Å². The van der Waals surface area contributed by atoms with Gasteiger partial charge in [-0.15, -0.1) is 22.7 Å². The molecule has 5 aromatic carbocycles. The first-order valence-electron chi connectivity index (χ1n) is 12.7. The van der Waals surface area contributed by atoms with Gasteiger partial charge in [-0.1, -0.05) is 103 Å². The first-order chi connectivity index (χ1) is 18.8. The fraction of sp³-hybridized carbons (Fsp3) is 0. The first kappa shape index (κ1) is 21.7. The highest BCUT2D eigenvalue weighted by Crippen LogP contribution is 2.43. The van der Waals surface area contributed by atoms with Gasteiger partial charge in [0.2, 0.25) is 0 Å². The zero-order valence-corrected chi connectivity index (χ0v) is 22.0. The smallest absolute Gasteiger partial charge is 0.125 e. The normalized spacial score (nSPS) is 11.7. The summed E-state index contributed by atoms with van der Waals surface area (Å²) in [6, 6.07) is 45.8. The minimum Gasteiger partial charge on any atom is -0.237 e. The van der Waals surface area contributed by atoms with Gasteiger partial charge < -0.3 is 0 Å². The zero-order chi connectivity index (χ0) is 25.1. The molecule has 38 heavy (non-hydrogen) atoms. The molecule has 178 valence electrons. The van der Waals surface area contributed by atoms with Crippen LogP contribution in [0, 0.1) is 0 Å². The molecular formula is C35H21NS2. The predicted molar refractivity (Wildman–Crippen MR) is 166 cm³/mol. The van der Waals surface area contributed by atoms with Crippen LogP contribution in [-0.4, -0.2) is 4.98 Å². The van der Waals surface area contributed by atoms with Gasteiger partial charge in [-0.25, -0.2) is 4.98 Å². The SMILES string of the molecule is c1ccc(-c2cccc(-c3cccc4c3sc3nc(-c5cccc6c5sc5ccccc56)ccc34)c2)cc1. The topological polar surface area (TPSA) is 12.9 Å². The number of benzene rings is 5. The fourth-order valence-corrected chi connectivity index (χ4v) is 7.94. The van der Waals surface area contributed by atoms with Crippen LogP contribution < -0.4 is 0 Å². The number of pyridine rings is 1. The minimum atomic E-state index is 1.04. The van der Waals surface area contributed by atoms with Crippen molar-refractivity contribution in [3.63, 3.8) is 0 Å². The monoisotopic (exact) mass is 519 g/mol. The molecule has 0 spiro atoms. The number of hydrogen-bond donors (Lipinski definition) is 0. The molecule has 0 N–H and O–H groups in total. The molecule has 0 fully saturated rings. The lowest BCUT2D eigenvalue weighted by atomic mass is 9.98. The third-order valence-electron chi connectivity index (χ3n) is 7.33. The van der Waals surface area contributed by atoms with Crippen LogP contribution >= 0.6 is 22.7 Å². The molecule has 0 atom stereocenters. The molecule has 3 aromatic heterocycles. The van der Waals surface area contributed by atoms with E-state index < -0.39 is 0 Å². The fourth-order valence-electron chi connectivity index (χ4n) is 5.50. The van der Waals surface area contributed by atoms with E-state index in [0.717, 1.165) is 10.5 Å². The molecular weight excluding hydrogens is 499 g/mol. The first-order valence-corrected chi connectivity index (χ1v) is 14.4. The Morgan fingerprint density at radius 3 is 1.97 bits per heavy atom. The molecule has 0 saturated heterocycles. The summed E-state index contributed by atoms with van der Waals surface area (Å²) in [7, 11) is 0. The van der Waals surface area contributed by atoms with Crippen molar-refractivity contribution < 1.29 is 0 Å². The highest BCUT2D eigenvalue weighted by Gasteiger charge is 2.15. The molecule has 0 radical (unpaired) electrons. The highest BCUT2D eigenvalue weighted by atomic mass is 32.1. The predicted octanol–water partition coefficient (Wildman–Crippen LogP) is 10.8. The van der Waals surface area contributed by atoms with E-state index >= 15 is 0 Å². The number of hydrogen-bond acceptors (Lipinski definition) is 3. The summed E-state index contributed by atoms with van der Waals surface area (Å²) in [5, 5.41) is 5.12. The maximum Gasteiger partial charge on any atom is 0.125 e. The summed E-state index contributed by atoms with van der Waals surface area (Å²) in [6.45, 7) is 0. The van der Waals surface area contributed by atoms with Crippen molar-refractivity contribution in [1.82, 2.24) is 4.98 Å². The minimum absolute atomic E-state index is 1.04. The third-order valence-corrected chi connectivity index (χ3v) is 9.69. The largest absolute Gasteiger partial charge is 0.237 e. The summed E-state index contributed by atoms with van der Waals surface area (Å²) in [4.78, 5) is 6.31. The van der Waals surface area contributed by atoms with E-state index in [-0.39, 0.29) is 0 Å². The maximum atomic E-state index is 5.23. The third kappa shape index (κ3) is 3.40. The Hall–Kier alpha value is -4.31. The van der Waals surface area contributed by atoms with Gasteiger partial charge in [0.05, 0.1) is 5.69 Å². The number of fused-ring (bicyclic) bond motifs is 6. The molecule has 3 heteroatoms. The van der Waals surface area contributed by atoms with E-state index in [9.17, 15) is 0 Å². The molecule has 0 aliphatic heterocycles. The zero-order valence-electron chi connectivity index (χ0n) is 20.4. The van der Waals surface area contributed by atoms with Gasteiger partial charge in [0, 0.05) is 41.2 Å². The number of thiophene rings is 2. The second kappa shape index (κ2) is 8.63. The Morgan fingerprint density at radius 1 is 0.421 bits per heavy atom. The van der Waals surface area contributed by atoms with Gasteiger partial charge in [-0.2, -0.15) is 0 Å². The van der Waals surface area contributed by atoms with Gasteiger partial charge in [0.15, 0.2) is 0 Å². The number of rotatable bonds is 3. The van der Waals surface area contributed by atoms with Crippen molar-refractivity contribution in [3.8, 4) is 33.5 Å². The lowest BCUT2D eigenvalue weighted by Gasteiger charge is -2.07. The molecule has 1 nitrogen and oxygen atoms in total. The van der Waals surface area contributed by atoms with Crippen molar-refractivity contribution in [2.24, 2.45) is 0 Å². The lowest BCUT2D eigenvalue weighted by Crippen LogP contribution is -1.83. The summed E-state index contributed by atoms with van der Waals surface area (Å²) >= 11 is 3.65. The van der Waals surface area contributed by atoms with Gasteiger partial charge in [-0.3, -0.25) is 0 Å². The van der Waals surface area contributed by atoms with Crippen molar-refractivity contribution in [2.75, 3.05) is 0 Å². The van der Waals surface area contributed by atoms with E-state index in [2.05, 4.69) is 127 Å². The van der Waals surface area contributed by atoms with Crippen LogP contribution in [0.15, 0.2) is 127 Å². The van der Waals surface area contributed by atoms with E-state index in [1.165, 1.54) is 63.5 Å². The summed E-state index contributed by atoms with van der Waals surface area (Å²) in [5.74, 6) is 0. The summed E-state index contributed by atoms with van der Waals surface area (Å²) < 4.78 is 3.91. The molecule has 0 bridgehead atoms. The Balaban J connectivity index is 1.29. The second-order valence-corrected chi connectivity index (χ2v) is 11.6. The van der Waals surface area contributed by atoms with Crippen LogP contribution in [0.1, 0.15) is 0 Å². The van der Waals surface area contributed by atoms with Gasteiger partial charge in [0.25, 0.3) is 0 Å². The Labute approximate surface area is 228 Å². The summed E-state index contributed by atoms with van der Waals surface area (Å²) in [5.41, 5.74) is 7.21. The van der Waals surface area contributed by atoms with Crippen molar-refractivity contribution in [2.45, 2.75) is 0 Å². The molecule has 8 rings (SSSR count). The number of nitrogens with zero attached hydrogens (tertiary/aromatic N) is 1. The molecule has 0 amide bonds. The average Bonchev–Trinajstić information content (AvgIpc) is 3.55. The van der Waals surface area contributed by atoms with Crippen molar-refractivity contribution in [3.05, 3.63) is 127 Å². The maximum absolute atomic E-state index is 5.23. The average molecular weight is 520 g/mol. The molecule has 0 aliphatic carbocycles. The number of aromatic nitrogens is 1. The Kier molecular flexibility index (Phi) is 4.94. The van der Waals surface area contributed by atoms with Crippen LogP contribution in [-0.2, 0) is 0 Å². The van der Waals surface area contributed by atoms with Crippen LogP contribution in [0.3, 0.4) is 0 Å². The molecule has 0 aliphatic rings. The second-order valence-electron chi connectivity index (χ2n) is 9.56. The van der Waals surface area contributed by atoms with Crippen LogP contribution in [0.5, 0.6) is 0 Å². The van der Waals surface area contributed by atoms with E-state index in [1.807, 2.05) is 11.3 Å².